The summed E-state index contributed by atoms with van der Waals surface area (Å²) in [5, 5.41) is 15.8. The lowest BCUT2D eigenvalue weighted by Crippen LogP contribution is -2.47. The summed E-state index contributed by atoms with van der Waals surface area (Å²) in [6.45, 7) is 2.47. The van der Waals surface area contributed by atoms with Crippen LogP contribution in [0.25, 0.3) is 16.7 Å². The SMILES string of the molecule is O=c1c2cnn(-c3ccc(F)cc3)c2ncn1CC1(O)CCN(Cc2ccccc2Br)CC1. The van der Waals surface area contributed by atoms with E-state index in [0.29, 0.717) is 29.6 Å². The summed E-state index contributed by atoms with van der Waals surface area (Å²) < 4.78 is 17.3. The number of hydrogen-bond donors (Lipinski definition) is 1. The molecule has 2 aromatic carbocycles. The van der Waals surface area contributed by atoms with Crippen LogP contribution in [0.5, 0.6) is 0 Å². The first-order valence-electron chi connectivity index (χ1n) is 10.8. The molecule has 1 N–H and O–H groups in total. The second-order valence-corrected chi connectivity index (χ2v) is 9.39. The number of aliphatic hydroxyl groups is 1. The van der Waals surface area contributed by atoms with Gasteiger partial charge in [0.05, 0.1) is 24.0 Å². The van der Waals surface area contributed by atoms with Crippen molar-refractivity contribution in [2.75, 3.05) is 13.1 Å². The minimum Gasteiger partial charge on any atom is -0.388 e. The number of aromatic nitrogens is 4. The van der Waals surface area contributed by atoms with Crippen molar-refractivity contribution in [3.63, 3.8) is 0 Å². The van der Waals surface area contributed by atoms with E-state index in [1.54, 1.807) is 12.1 Å². The Morgan fingerprint density at radius 1 is 1.09 bits per heavy atom. The van der Waals surface area contributed by atoms with Gasteiger partial charge in [0.2, 0.25) is 0 Å². The van der Waals surface area contributed by atoms with Gasteiger partial charge in [-0.2, -0.15) is 5.10 Å². The van der Waals surface area contributed by atoms with Crippen molar-refractivity contribution in [2.24, 2.45) is 0 Å². The fourth-order valence-electron chi connectivity index (χ4n) is 4.30. The highest BCUT2D eigenvalue weighted by atomic mass is 79.9. The maximum atomic E-state index is 13.2. The molecule has 1 fully saturated rings. The zero-order chi connectivity index (χ0) is 23.0. The fraction of sp³-hybridized carbons (Fsp3) is 0.292. The Balaban J connectivity index is 1.31. The van der Waals surface area contributed by atoms with Crippen LogP contribution >= 0.6 is 15.9 Å². The molecule has 33 heavy (non-hydrogen) atoms. The molecule has 1 aliphatic rings. The maximum Gasteiger partial charge on any atom is 0.264 e. The average Bonchev–Trinajstić information content (AvgIpc) is 3.24. The van der Waals surface area contributed by atoms with Crippen LogP contribution < -0.4 is 5.56 Å². The number of halogens is 2. The van der Waals surface area contributed by atoms with Crippen LogP contribution in [-0.2, 0) is 13.1 Å². The van der Waals surface area contributed by atoms with Gasteiger partial charge in [0.1, 0.15) is 17.5 Å². The molecular formula is C24H23BrFN5O2. The van der Waals surface area contributed by atoms with E-state index >= 15 is 0 Å². The number of hydrogen-bond acceptors (Lipinski definition) is 5. The summed E-state index contributed by atoms with van der Waals surface area (Å²) in [5.74, 6) is -0.346. The van der Waals surface area contributed by atoms with Crippen molar-refractivity contribution in [1.82, 2.24) is 24.2 Å². The Morgan fingerprint density at radius 2 is 1.82 bits per heavy atom. The lowest BCUT2D eigenvalue weighted by Gasteiger charge is -2.38. The second kappa shape index (κ2) is 8.81. The van der Waals surface area contributed by atoms with E-state index in [0.717, 1.165) is 24.1 Å². The number of likely N-dealkylation sites (tertiary alicyclic amines) is 1. The van der Waals surface area contributed by atoms with Gasteiger partial charge >= 0.3 is 0 Å². The average molecular weight is 512 g/mol. The van der Waals surface area contributed by atoms with Gasteiger partial charge in [-0.15, -0.1) is 0 Å². The van der Waals surface area contributed by atoms with Gasteiger partial charge in [-0.25, -0.2) is 14.1 Å². The predicted molar refractivity (Wildman–Crippen MR) is 127 cm³/mol. The topological polar surface area (TPSA) is 76.2 Å². The summed E-state index contributed by atoms with van der Waals surface area (Å²) in [6, 6.07) is 14.0. The van der Waals surface area contributed by atoms with Crippen molar-refractivity contribution in [3.8, 4) is 5.69 Å². The molecule has 7 nitrogen and oxygen atoms in total. The first-order valence-corrected chi connectivity index (χ1v) is 11.6. The van der Waals surface area contributed by atoms with E-state index in [2.05, 4.69) is 37.0 Å². The molecule has 0 spiro atoms. The first-order chi connectivity index (χ1) is 15.9. The van der Waals surface area contributed by atoms with Gasteiger partial charge in [-0.05, 0) is 48.7 Å². The summed E-state index contributed by atoms with van der Waals surface area (Å²) >= 11 is 3.59. The lowest BCUT2D eigenvalue weighted by atomic mass is 9.91. The van der Waals surface area contributed by atoms with Gasteiger partial charge in [0, 0.05) is 24.1 Å². The molecule has 0 aliphatic carbocycles. The zero-order valence-electron chi connectivity index (χ0n) is 17.9. The normalized spacial score (nSPS) is 16.3. The Labute approximate surface area is 198 Å². The quantitative estimate of drug-likeness (QED) is 0.443. The minimum absolute atomic E-state index is 0.180. The highest BCUT2D eigenvalue weighted by Gasteiger charge is 2.33. The number of piperidine rings is 1. The van der Waals surface area contributed by atoms with Crippen molar-refractivity contribution in [1.29, 1.82) is 0 Å². The standard InChI is InChI=1S/C24H23BrFN5O2/c25-21-4-2-1-3-17(21)14-29-11-9-24(33,10-12-29)15-30-16-27-22-20(23(30)32)13-28-31(22)19-7-5-18(26)6-8-19/h1-8,13,16,33H,9-12,14-15H2. The van der Waals surface area contributed by atoms with Gasteiger partial charge in [0.25, 0.3) is 5.56 Å². The largest absolute Gasteiger partial charge is 0.388 e. The van der Waals surface area contributed by atoms with Crippen LogP contribution in [0.3, 0.4) is 0 Å². The van der Waals surface area contributed by atoms with E-state index in [9.17, 15) is 14.3 Å². The van der Waals surface area contributed by atoms with Crippen molar-refractivity contribution in [2.45, 2.75) is 31.5 Å². The fourth-order valence-corrected chi connectivity index (χ4v) is 4.71. The maximum absolute atomic E-state index is 13.2. The van der Waals surface area contributed by atoms with E-state index in [1.165, 1.54) is 39.5 Å². The van der Waals surface area contributed by atoms with Gasteiger partial charge < -0.3 is 5.11 Å². The summed E-state index contributed by atoms with van der Waals surface area (Å²) in [7, 11) is 0. The van der Waals surface area contributed by atoms with Gasteiger partial charge in [-0.3, -0.25) is 14.3 Å². The molecular weight excluding hydrogens is 489 g/mol. The Bertz CT molecular complexity index is 1340. The number of rotatable bonds is 5. The predicted octanol–water partition coefficient (Wildman–Crippen LogP) is 3.51. The molecule has 170 valence electrons. The molecule has 0 radical (unpaired) electrons. The molecule has 0 saturated carbocycles. The molecule has 2 aromatic heterocycles. The highest BCUT2D eigenvalue weighted by molar-refractivity contribution is 9.10. The molecule has 0 amide bonds. The van der Waals surface area contributed by atoms with E-state index in [1.807, 2.05) is 18.2 Å². The van der Waals surface area contributed by atoms with Crippen LogP contribution in [-0.4, -0.2) is 48.0 Å². The van der Waals surface area contributed by atoms with Gasteiger partial charge in [-0.1, -0.05) is 34.1 Å². The van der Waals surface area contributed by atoms with Gasteiger partial charge in [0.15, 0.2) is 5.65 Å². The van der Waals surface area contributed by atoms with Crippen LogP contribution in [0, 0.1) is 5.82 Å². The molecule has 3 heterocycles. The molecule has 1 saturated heterocycles. The highest BCUT2D eigenvalue weighted by Crippen LogP contribution is 2.26. The number of nitrogens with zero attached hydrogens (tertiary/aromatic N) is 5. The minimum atomic E-state index is -0.976. The van der Waals surface area contributed by atoms with E-state index < -0.39 is 5.60 Å². The van der Waals surface area contributed by atoms with Crippen molar-refractivity contribution >= 4 is 27.0 Å². The zero-order valence-corrected chi connectivity index (χ0v) is 19.4. The third-order valence-corrected chi connectivity index (χ3v) is 7.00. The Hall–Kier alpha value is -2.88. The Morgan fingerprint density at radius 3 is 2.55 bits per heavy atom. The molecule has 5 rings (SSSR count). The smallest absolute Gasteiger partial charge is 0.264 e. The van der Waals surface area contributed by atoms with E-state index in [4.69, 9.17) is 0 Å². The molecule has 0 bridgehead atoms. The summed E-state index contributed by atoms with van der Waals surface area (Å²) in [4.78, 5) is 19.8. The molecule has 0 atom stereocenters. The van der Waals surface area contributed by atoms with Crippen molar-refractivity contribution in [3.05, 3.63) is 87.3 Å². The molecule has 4 aromatic rings. The number of fused-ring (bicyclic) bond motifs is 1. The van der Waals surface area contributed by atoms with Crippen LogP contribution in [0.4, 0.5) is 4.39 Å². The van der Waals surface area contributed by atoms with Crippen molar-refractivity contribution < 1.29 is 9.50 Å². The monoisotopic (exact) mass is 511 g/mol. The van der Waals surface area contributed by atoms with Crippen LogP contribution in [0.2, 0.25) is 0 Å². The molecule has 1 aliphatic heterocycles. The summed E-state index contributed by atoms with van der Waals surface area (Å²) in [6.07, 6.45) is 4.06. The summed E-state index contributed by atoms with van der Waals surface area (Å²) in [5.41, 5.74) is 1.01. The van der Waals surface area contributed by atoms with Crippen LogP contribution in [0.1, 0.15) is 18.4 Å². The second-order valence-electron chi connectivity index (χ2n) is 8.54. The van der Waals surface area contributed by atoms with Crippen LogP contribution in [0.15, 0.2) is 70.3 Å². The number of benzene rings is 2. The Kier molecular flexibility index (Phi) is 5.86. The molecule has 0 unspecified atom stereocenters. The lowest BCUT2D eigenvalue weighted by molar-refractivity contribution is -0.0365. The molecule has 9 heteroatoms. The third kappa shape index (κ3) is 4.48. The first kappa shape index (κ1) is 21.9. The third-order valence-electron chi connectivity index (χ3n) is 6.23. The van der Waals surface area contributed by atoms with E-state index in [-0.39, 0.29) is 17.9 Å².